The summed E-state index contributed by atoms with van der Waals surface area (Å²) in [7, 11) is 0. The summed E-state index contributed by atoms with van der Waals surface area (Å²) in [6.45, 7) is 6.31. The van der Waals surface area contributed by atoms with Crippen LogP contribution in [0, 0.1) is 0 Å². The Morgan fingerprint density at radius 3 is 2.79 bits per heavy atom. The van der Waals surface area contributed by atoms with Crippen LogP contribution in [0.25, 0.3) is 0 Å². The van der Waals surface area contributed by atoms with E-state index in [1.165, 1.54) is 0 Å². The molecule has 0 atom stereocenters. The van der Waals surface area contributed by atoms with Crippen molar-refractivity contribution in [2.75, 3.05) is 17.7 Å². The van der Waals surface area contributed by atoms with Gasteiger partial charge in [0.2, 0.25) is 11.9 Å². The molecule has 0 radical (unpaired) electrons. The molecule has 3 N–H and O–H groups in total. The SMILES string of the molecule is CCOc1nc(N)nc(NC(C)(C)c2nccs2)n1. The Balaban J connectivity index is 2.23. The quantitative estimate of drug-likeness (QED) is 0.859. The first-order valence-corrected chi connectivity index (χ1v) is 6.71. The van der Waals surface area contributed by atoms with Crippen LogP contribution in [0.3, 0.4) is 0 Å². The van der Waals surface area contributed by atoms with E-state index in [-0.39, 0.29) is 12.0 Å². The molecule has 0 saturated heterocycles. The van der Waals surface area contributed by atoms with Crippen LogP contribution in [0.15, 0.2) is 11.6 Å². The normalized spacial score (nSPS) is 11.3. The summed E-state index contributed by atoms with van der Waals surface area (Å²) >= 11 is 1.56. The molecule has 8 heteroatoms. The summed E-state index contributed by atoms with van der Waals surface area (Å²) in [4.78, 5) is 16.4. The second kappa shape index (κ2) is 5.35. The van der Waals surface area contributed by atoms with E-state index in [1.807, 2.05) is 26.2 Å². The molecule has 0 spiro atoms. The molecule has 0 bridgehead atoms. The first-order valence-electron chi connectivity index (χ1n) is 5.84. The van der Waals surface area contributed by atoms with E-state index in [0.717, 1.165) is 5.01 Å². The molecule has 0 aliphatic rings. The van der Waals surface area contributed by atoms with Gasteiger partial charge in [-0.3, -0.25) is 0 Å². The van der Waals surface area contributed by atoms with Gasteiger partial charge in [-0.2, -0.15) is 15.0 Å². The largest absolute Gasteiger partial charge is 0.464 e. The van der Waals surface area contributed by atoms with Crippen molar-refractivity contribution in [1.82, 2.24) is 19.9 Å². The Morgan fingerprint density at radius 2 is 2.16 bits per heavy atom. The minimum Gasteiger partial charge on any atom is -0.464 e. The summed E-state index contributed by atoms with van der Waals surface area (Å²) < 4.78 is 5.24. The molecule has 2 rings (SSSR count). The van der Waals surface area contributed by atoms with E-state index >= 15 is 0 Å². The third-order valence-electron chi connectivity index (χ3n) is 2.30. The number of thiazole rings is 1. The van der Waals surface area contributed by atoms with Gasteiger partial charge in [-0.1, -0.05) is 0 Å². The lowest BCUT2D eigenvalue weighted by atomic mass is 10.1. The Labute approximate surface area is 115 Å². The summed E-state index contributed by atoms with van der Waals surface area (Å²) in [5.41, 5.74) is 5.23. The van der Waals surface area contributed by atoms with Crippen molar-refractivity contribution in [3.05, 3.63) is 16.6 Å². The van der Waals surface area contributed by atoms with Gasteiger partial charge in [0.1, 0.15) is 5.01 Å². The Kier molecular flexibility index (Phi) is 3.79. The van der Waals surface area contributed by atoms with Crippen molar-refractivity contribution in [2.24, 2.45) is 0 Å². The fourth-order valence-corrected chi connectivity index (χ4v) is 2.20. The Bertz CT molecular complexity index is 542. The number of rotatable bonds is 5. The fraction of sp³-hybridized carbons (Fsp3) is 0.455. The van der Waals surface area contributed by atoms with Crippen molar-refractivity contribution in [3.63, 3.8) is 0 Å². The number of hydrogen-bond donors (Lipinski definition) is 2. The maximum absolute atomic E-state index is 5.63. The van der Waals surface area contributed by atoms with E-state index in [9.17, 15) is 0 Å². The van der Waals surface area contributed by atoms with Crippen LogP contribution in [0.5, 0.6) is 6.01 Å². The van der Waals surface area contributed by atoms with Gasteiger partial charge >= 0.3 is 6.01 Å². The van der Waals surface area contributed by atoms with E-state index in [4.69, 9.17) is 10.5 Å². The van der Waals surface area contributed by atoms with Gasteiger partial charge in [-0.25, -0.2) is 4.98 Å². The zero-order chi connectivity index (χ0) is 13.9. The number of hydrogen-bond acceptors (Lipinski definition) is 8. The van der Waals surface area contributed by atoms with Gasteiger partial charge < -0.3 is 15.8 Å². The molecule has 0 saturated carbocycles. The van der Waals surface area contributed by atoms with Gasteiger partial charge in [0.05, 0.1) is 12.1 Å². The van der Waals surface area contributed by atoms with Gasteiger partial charge in [-0.15, -0.1) is 11.3 Å². The topological polar surface area (TPSA) is 98.8 Å². The standard InChI is InChI=1S/C11H16N6OS/c1-4-18-10-15-8(12)14-9(16-10)17-11(2,3)7-13-5-6-19-7/h5-6H,4H2,1-3H3,(H3,12,14,15,16,17). The molecule has 2 aromatic rings. The first-order chi connectivity index (χ1) is 9.01. The lowest BCUT2D eigenvalue weighted by Crippen LogP contribution is -2.29. The predicted molar refractivity (Wildman–Crippen MR) is 74.2 cm³/mol. The van der Waals surface area contributed by atoms with Crippen LogP contribution in [-0.4, -0.2) is 26.5 Å². The summed E-state index contributed by atoms with van der Waals surface area (Å²) in [6, 6.07) is 0.215. The average Bonchev–Trinajstić information content (AvgIpc) is 2.81. The molecule has 2 heterocycles. The van der Waals surface area contributed by atoms with Crippen molar-refractivity contribution in [3.8, 4) is 6.01 Å². The van der Waals surface area contributed by atoms with Crippen LogP contribution >= 0.6 is 11.3 Å². The maximum atomic E-state index is 5.63. The summed E-state index contributed by atoms with van der Waals surface area (Å²) in [6.07, 6.45) is 1.76. The third-order valence-corrected chi connectivity index (χ3v) is 3.39. The second-order valence-corrected chi connectivity index (χ2v) is 5.21. The van der Waals surface area contributed by atoms with Crippen LogP contribution < -0.4 is 15.8 Å². The predicted octanol–water partition coefficient (Wildman–Crippen LogP) is 1.66. The Morgan fingerprint density at radius 1 is 1.37 bits per heavy atom. The second-order valence-electron chi connectivity index (χ2n) is 4.32. The van der Waals surface area contributed by atoms with Crippen LogP contribution in [0.2, 0.25) is 0 Å². The molecule has 0 aliphatic carbocycles. The molecule has 0 unspecified atom stereocenters. The maximum Gasteiger partial charge on any atom is 0.323 e. The molecule has 0 aliphatic heterocycles. The molecule has 0 aromatic carbocycles. The minimum atomic E-state index is -0.397. The van der Waals surface area contributed by atoms with E-state index in [0.29, 0.717) is 12.6 Å². The van der Waals surface area contributed by atoms with E-state index < -0.39 is 5.54 Å². The Hall–Kier alpha value is -1.96. The highest BCUT2D eigenvalue weighted by Crippen LogP contribution is 2.26. The highest BCUT2D eigenvalue weighted by Gasteiger charge is 2.24. The van der Waals surface area contributed by atoms with E-state index in [1.54, 1.807) is 17.5 Å². The van der Waals surface area contributed by atoms with Crippen LogP contribution in [-0.2, 0) is 5.54 Å². The first kappa shape index (κ1) is 13.5. The zero-order valence-electron chi connectivity index (χ0n) is 11.0. The molecule has 0 amide bonds. The van der Waals surface area contributed by atoms with E-state index in [2.05, 4.69) is 25.3 Å². The lowest BCUT2D eigenvalue weighted by Gasteiger charge is -2.23. The number of nitrogen functional groups attached to an aromatic ring is 1. The molecule has 19 heavy (non-hydrogen) atoms. The van der Waals surface area contributed by atoms with Crippen LogP contribution in [0.1, 0.15) is 25.8 Å². The summed E-state index contributed by atoms with van der Waals surface area (Å²) in [5.74, 6) is 0.493. The average molecular weight is 280 g/mol. The van der Waals surface area contributed by atoms with Crippen molar-refractivity contribution < 1.29 is 4.74 Å². The molecule has 0 fully saturated rings. The van der Waals surface area contributed by atoms with Crippen molar-refractivity contribution >= 4 is 23.2 Å². The minimum absolute atomic E-state index is 0.121. The number of nitrogens with two attached hydrogens (primary N) is 1. The van der Waals surface area contributed by atoms with Gasteiger partial charge in [-0.05, 0) is 20.8 Å². The smallest absolute Gasteiger partial charge is 0.323 e. The number of aromatic nitrogens is 4. The van der Waals surface area contributed by atoms with Gasteiger partial charge in [0, 0.05) is 11.6 Å². The zero-order valence-corrected chi connectivity index (χ0v) is 11.9. The lowest BCUT2D eigenvalue weighted by molar-refractivity contribution is 0.312. The number of anilines is 2. The number of nitrogens with one attached hydrogen (secondary N) is 1. The molecule has 7 nitrogen and oxygen atoms in total. The van der Waals surface area contributed by atoms with Gasteiger partial charge in [0.15, 0.2) is 0 Å². The fourth-order valence-electron chi connectivity index (χ4n) is 1.49. The molecular weight excluding hydrogens is 264 g/mol. The van der Waals surface area contributed by atoms with Crippen molar-refractivity contribution in [1.29, 1.82) is 0 Å². The van der Waals surface area contributed by atoms with Crippen molar-refractivity contribution in [2.45, 2.75) is 26.3 Å². The highest BCUT2D eigenvalue weighted by atomic mass is 32.1. The van der Waals surface area contributed by atoms with Crippen LogP contribution in [0.4, 0.5) is 11.9 Å². The molecular formula is C11H16N6OS. The molecule has 102 valence electrons. The number of nitrogens with zero attached hydrogens (tertiary/aromatic N) is 4. The van der Waals surface area contributed by atoms with Gasteiger partial charge in [0.25, 0.3) is 0 Å². The third kappa shape index (κ3) is 3.28. The highest BCUT2D eigenvalue weighted by molar-refractivity contribution is 7.09. The molecule has 2 aromatic heterocycles. The number of ether oxygens (including phenoxy) is 1. The monoisotopic (exact) mass is 280 g/mol. The summed E-state index contributed by atoms with van der Waals surface area (Å²) in [5, 5.41) is 6.04.